The lowest BCUT2D eigenvalue weighted by molar-refractivity contribution is 0.0802. The van der Waals surface area contributed by atoms with E-state index in [0.29, 0.717) is 12.1 Å². The lowest BCUT2D eigenvalue weighted by Crippen LogP contribution is -2.28. The average molecular weight is 264 g/mol. The largest absolute Gasteiger partial charge is 0.342 e. The fourth-order valence-electron chi connectivity index (χ4n) is 2.49. The second kappa shape index (κ2) is 6.15. The number of halogens is 1. The fraction of sp³-hybridized carbons (Fsp3) is 0.533. The molecule has 4 heteroatoms. The molecule has 1 aliphatic rings. The monoisotopic (exact) mass is 264 g/mol. The number of piperidine rings is 1. The molecule has 0 bridgehead atoms. The maximum Gasteiger partial charge on any atom is 0.253 e. The molecule has 1 saturated heterocycles. The number of carbonyl (C=O) groups is 1. The van der Waals surface area contributed by atoms with Crippen LogP contribution in [-0.2, 0) is 0 Å². The van der Waals surface area contributed by atoms with Gasteiger partial charge in [-0.15, -0.1) is 0 Å². The third-order valence-electron chi connectivity index (χ3n) is 3.85. The van der Waals surface area contributed by atoms with Gasteiger partial charge in [0, 0.05) is 19.2 Å². The lowest BCUT2D eigenvalue weighted by atomic mass is 9.89. The zero-order valence-corrected chi connectivity index (χ0v) is 11.6. The minimum atomic E-state index is -0.248. The molecular formula is C15H21FN2O. The number of nitrogens with one attached hydrogen (secondary N) is 1. The summed E-state index contributed by atoms with van der Waals surface area (Å²) in [6.07, 6.45) is 1.91. The van der Waals surface area contributed by atoms with Gasteiger partial charge in [-0.05, 0) is 56.5 Å². The highest BCUT2D eigenvalue weighted by Crippen LogP contribution is 2.28. The number of rotatable bonds is 3. The third-order valence-corrected chi connectivity index (χ3v) is 3.85. The van der Waals surface area contributed by atoms with Crippen molar-refractivity contribution >= 4 is 5.91 Å². The number of amides is 1. The van der Waals surface area contributed by atoms with Crippen molar-refractivity contribution in [2.24, 2.45) is 0 Å². The number of benzene rings is 1. The van der Waals surface area contributed by atoms with Crippen LogP contribution >= 0.6 is 0 Å². The van der Waals surface area contributed by atoms with Crippen molar-refractivity contribution in [3.8, 4) is 0 Å². The Kier molecular flexibility index (Phi) is 4.53. The van der Waals surface area contributed by atoms with Crippen molar-refractivity contribution in [3.05, 3.63) is 35.1 Å². The van der Waals surface area contributed by atoms with Gasteiger partial charge in [0.25, 0.3) is 5.91 Å². The first-order valence-electron chi connectivity index (χ1n) is 6.89. The highest BCUT2D eigenvalue weighted by Gasteiger charge is 2.20. The van der Waals surface area contributed by atoms with Crippen molar-refractivity contribution in [1.82, 2.24) is 10.2 Å². The van der Waals surface area contributed by atoms with Crippen molar-refractivity contribution in [2.45, 2.75) is 25.7 Å². The summed E-state index contributed by atoms with van der Waals surface area (Å²) in [4.78, 5) is 13.5. The van der Waals surface area contributed by atoms with Crippen LogP contribution in [0.3, 0.4) is 0 Å². The van der Waals surface area contributed by atoms with Crippen LogP contribution in [-0.4, -0.2) is 37.5 Å². The first-order valence-corrected chi connectivity index (χ1v) is 6.89. The van der Waals surface area contributed by atoms with E-state index in [1.165, 1.54) is 6.07 Å². The van der Waals surface area contributed by atoms with Crippen LogP contribution < -0.4 is 5.32 Å². The molecule has 0 unspecified atom stereocenters. The molecule has 1 aliphatic heterocycles. The molecule has 3 nitrogen and oxygen atoms in total. The third kappa shape index (κ3) is 3.13. The Hall–Kier alpha value is -1.42. The molecule has 0 aromatic heterocycles. The maximum absolute atomic E-state index is 14.2. The van der Waals surface area contributed by atoms with E-state index in [1.807, 2.05) is 6.92 Å². The molecule has 1 fully saturated rings. The molecule has 1 aromatic carbocycles. The van der Waals surface area contributed by atoms with E-state index in [0.717, 1.165) is 31.5 Å². The van der Waals surface area contributed by atoms with Gasteiger partial charge >= 0.3 is 0 Å². The zero-order valence-electron chi connectivity index (χ0n) is 11.6. The van der Waals surface area contributed by atoms with Crippen molar-refractivity contribution in [1.29, 1.82) is 0 Å². The van der Waals surface area contributed by atoms with E-state index in [-0.39, 0.29) is 17.6 Å². The highest BCUT2D eigenvalue weighted by atomic mass is 19.1. The van der Waals surface area contributed by atoms with Gasteiger partial charge in [-0.1, -0.05) is 6.07 Å². The van der Waals surface area contributed by atoms with Gasteiger partial charge in [0.05, 0.1) is 0 Å². The molecule has 0 radical (unpaired) electrons. The van der Waals surface area contributed by atoms with Crippen LogP contribution in [0.5, 0.6) is 0 Å². The summed E-state index contributed by atoms with van der Waals surface area (Å²) in [7, 11) is 1.72. The quantitative estimate of drug-likeness (QED) is 0.909. The van der Waals surface area contributed by atoms with E-state index in [2.05, 4.69) is 5.32 Å². The highest BCUT2D eigenvalue weighted by molar-refractivity contribution is 5.94. The van der Waals surface area contributed by atoms with Gasteiger partial charge < -0.3 is 10.2 Å². The van der Waals surface area contributed by atoms with Crippen LogP contribution in [0.2, 0.25) is 0 Å². The minimum absolute atomic E-state index is 0.127. The molecular weight excluding hydrogens is 243 g/mol. The predicted octanol–water partition coefficient (Wildman–Crippen LogP) is 2.38. The van der Waals surface area contributed by atoms with Crippen molar-refractivity contribution in [3.63, 3.8) is 0 Å². The van der Waals surface area contributed by atoms with Crippen LogP contribution in [0.4, 0.5) is 4.39 Å². The van der Waals surface area contributed by atoms with Crippen LogP contribution in [0.25, 0.3) is 0 Å². The SMILES string of the molecule is CCN(C)C(=O)c1ccc(C2CCNCC2)c(F)c1. The summed E-state index contributed by atoms with van der Waals surface area (Å²) >= 11 is 0. The van der Waals surface area contributed by atoms with E-state index in [1.54, 1.807) is 24.1 Å². The van der Waals surface area contributed by atoms with E-state index >= 15 is 0 Å². The van der Waals surface area contributed by atoms with E-state index < -0.39 is 0 Å². The first-order chi connectivity index (χ1) is 9.13. The Balaban J connectivity index is 2.19. The summed E-state index contributed by atoms with van der Waals surface area (Å²) in [6, 6.07) is 4.91. The lowest BCUT2D eigenvalue weighted by Gasteiger charge is -2.23. The zero-order chi connectivity index (χ0) is 13.8. The molecule has 104 valence electrons. The molecule has 2 rings (SSSR count). The number of hydrogen-bond acceptors (Lipinski definition) is 2. The molecule has 0 aliphatic carbocycles. The van der Waals surface area contributed by atoms with Crippen LogP contribution in [0, 0.1) is 5.82 Å². The summed E-state index contributed by atoms with van der Waals surface area (Å²) < 4.78 is 14.2. The Morgan fingerprint density at radius 1 is 1.42 bits per heavy atom. The number of hydrogen-bond donors (Lipinski definition) is 1. The summed E-state index contributed by atoms with van der Waals surface area (Å²) in [5.74, 6) is -0.102. The predicted molar refractivity (Wildman–Crippen MR) is 73.9 cm³/mol. The normalized spacial score (nSPS) is 16.4. The molecule has 1 heterocycles. The molecule has 1 amide bonds. The topological polar surface area (TPSA) is 32.3 Å². The smallest absolute Gasteiger partial charge is 0.253 e. The summed E-state index contributed by atoms with van der Waals surface area (Å²) in [5.41, 5.74) is 1.18. The molecule has 1 N–H and O–H groups in total. The summed E-state index contributed by atoms with van der Waals surface area (Å²) in [6.45, 7) is 4.39. The Labute approximate surface area is 113 Å². The van der Waals surface area contributed by atoms with Crippen molar-refractivity contribution < 1.29 is 9.18 Å². The number of carbonyl (C=O) groups excluding carboxylic acids is 1. The minimum Gasteiger partial charge on any atom is -0.342 e. The van der Waals surface area contributed by atoms with Gasteiger partial charge in [-0.2, -0.15) is 0 Å². The van der Waals surface area contributed by atoms with E-state index in [4.69, 9.17) is 0 Å². The second-order valence-corrected chi connectivity index (χ2v) is 5.08. The maximum atomic E-state index is 14.2. The molecule has 0 atom stereocenters. The molecule has 1 aromatic rings. The Morgan fingerprint density at radius 2 is 2.11 bits per heavy atom. The van der Waals surface area contributed by atoms with Gasteiger partial charge in [0.15, 0.2) is 0 Å². The van der Waals surface area contributed by atoms with Crippen LogP contribution in [0.1, 0.15) is 41.6 Å². The standard InChI is InChI=1S/C15H21FN2O/c1-3-18(2)15(19)12-4-5-13(14(16)10-12)11-6-8-17-9-7-11/h4-5,10-11,17H,3,6-9H2,1-2H3. The van der Waals surface area contributed by atoms with Gasteiger partial charge in [-0.3, -0.25) is 4.79 Å². The Bertz CT molecular complexity index is 455. The molecule has 0 saturated carbocycles. The van der Waals surface area contributed by atoms with Gasteiger partial charge in [0.1, 0.15) is 5.82 Å². The fourth-order valence-corrected chi connectivity index (χ4v) is 2.49. The average Bonchev–Trinajstić information content (AvgIpc) is 2.46. The first kappa shape index (κ1) is 14.0. The molecule has 19 heavy (non-hydrogen) atoms. The van der Waals surface area contributed by atoms with Gasteiger partial charge in [-0.25, -0.2) is 4.39 Å². The number of nitrogens with zero attached hydrogens (tertiary/aromatic N) is 1. The van der Waals surface area contributed by atoms with Gasteiger partial charge in [0.2, 0.25) is 0 Å². The summed E-state index contributed by atoms with van der Waals surface area (Å²) in [5, 5.41) is 3.27. The van der Waals surface area contributed by atoms with Crippen molar-refractivity contribution in [2.75, 3.05) is 26.7 Å². The Morgan fingerprint density at radius 3 is 2.68 bits per heavy atom. The van der Waals surface area contributed by atoms with E-state index in [9.17, 15) is 9.18 Å². The van der Waals surface area contributed by atoms with Crippen LogP contribution in [0.15, 0.2) is 18.2 Å². The second-order valence-electron chi connectivity index (χ2n) is 5.08. The molecule has 0 spiro atoms.